The van der Waals surface area contributed by atoms with Gasteiger partial charge in [-0.15, -0.1) is 0 Å². The van der Waals surface area contributed by atoms with Crippen LogP contribution in [0.15, 0.2) is 36.5 Å². The topological polar surface area (TPSA) is 33.2 Å². The quantitative estimate of drug-likeness (QED) is 0.772. The Morgan fingerprint density at radius 2 is 1.78 bits per heavy atom. The number of pyridine rings is 1. The standard InChI is InChI=1S/C15H16N2O/c1-11-6-12(2)8-14(7-11)17(3)15-5-4-13(10-18)9-16-15/h4-10H,1-3H3. The normalized spacial score (nSPS) is 10.2. The molecular weight excluding hydrogens is 224 g/mol. The molecule has 0 N–H and O–H groups in total. The minimum atomic E-state index is 0.590. The summed E-state index contributed by atoms with van der Waals surface area (Å²) >= 11 is 0. The van der Waals surface area contributed by atoms with Crippen molar-refractivity contribution in [3.8, 4) is 0 Å². The summed E-state index contributed by atoms with van der Waals surface area (Å²) in [5.74, 6) is 0.825. The number of carbonyl (C=O) groups excluding carboxylic acids is 1. The summed E-state index contributed by atoms with van der Waals surface area (Å²) in [6, 6.07) is 9.99. The molecule has 1 heterocycles. The Hall–Kier alpha value is -2.16. The second-order valence-electron chi connectivity index (χ2n) is 4.47. The van der Waals surface area contributed by atoms with Crippen LogP contribution >= 0.6 is 0 Å². The molecule has 0 atom stereocenters. The highest BCUT2D eigenvalue weighted by molar-refractivity contribution is 5.75. The first kappa shape index (κ1) is 12.3. The third-order valence-electron chi connectivity index (χ3n) is 2.84. The van der Waals surface area contributed by atoms with E-state index in [1.807, 2.05) is 18.0 Å². The smallest absolute Gasteiger partial charge is 0.151 e. The van der Waals surface area contributed by atoms with E-state index in [1.54, 1.807) is 12.3 Å². The molecule has 0 aliphatic carbocycles. The fraction of sp³-hybridized carbons (Fsp3) is 0.200. The summed E-state index contributed by atoms with van der Waals surface area (Å²) in [6.45, 7) is 4.15. The Kier molecular flexibility index (Phi) is 3.42. The number of aldehydes is 1. The highest BCUT2D eigenvalue weighted by atomic mass is 16.1. The Morgan fingerprint density at radius 1 is 1.11 bits per heavy atom. The van der Waals surface area contributed by atoms with E-state index in [4.69, 9.17) is 0 Å². The van der Waals surface area contributed by atoms with E-state index >= 15 is 0 Å². The van der Waals surface area contributed by atoms with Gasteiger partial charge < -0.3 is 4.90 Å². The van der Waals surface area contributed by atoms with Crippen LogP contribution < -0.4 is 4.90 Å². The zero-order valence-corrected chi connectivity index (χ0v) is 10.8. The molecule has 92 valence electrons. The van der Waals surface area contributed by atoms with E-state index in [-0.39, 0.29) is 0 Å². The molecule has 0 radical (unpaired) electrons. The zero-order chi connectivity index (χ0) is 13.1. The lowest BCUT2D eigenvalue weighted by molar-refractivity contribution is 0.112. The summed E-state index contributed by atoms with van der Waals surface area (Å²) in [5, 5.41) is 0. The van der Waals surface area contributed by atoms with Crippen molar-refractivity contribution >= 4 is 17.8 Å². The van der Waals surface area contributed by atoms with Crippen molar-refractivity contribution in [3.63, 3.8) is 0 Å². The van der Waals surface area contributed by atoms with Crippen LogP contribution in [0.2, 0.25) is 0 Å². The number of anilines is 2. The van der Waals surface area contributed by atoms with Gasteiger partial charge in [0.15, 0.2) is 6.29 Å². The van der Waals surface area contributed by atoms with Gasteiger partial charge in [0.2, 0.25) is 0 Å². The van der Waals surface area contributed by atoms with Gasteiger partial charge in [0, 0.05) is 24.5 Å². The molecule has 3 nitrogen and oxygen atoms in total. The highest BCUT2D eigenvalue weighted by Gasteiger charge is 2.06. The Morgan fingerprint density at radius 3 is 2.28 bits per heavy atom. The Balaban J connectivity index is 2.34. The molecule has 0 fully saturated rings. The van der Waals surface area contributed by atoms with Gasteiger partial charge in [-0.25, -0.2) is 4.98 Å². The fourth-order valence-electron chi connectivity index (χ4n) is 1.94. The SMILES string of the molecule is Cc1cc(C)cc(N(C)c2ccc(C=O)cn2)c1. The fourth-order valence-corrected chi connectivity index (χ4v) is 1.94. The maximum atomic E-state index is 10.6. The number of rotatable bonds is 3. The summed E-state index contributed by atoms with van der Waals surface area (Å²) in [4.78, 5) is 16.9. The molecule has 1 aromatic heterocycles. The van der Waals surface area contributed by atoms with Gasteiger partial charge in [-0.2, -0.15) is 0 Å². The van der Waals surface area contributed by atoms with Crippen LogP contribution in [0.4, 0.5) is 11.5 Å². The molecular formula is C15H16N2O. The van der Waals surface area contributed by atoms with Crippen molar-refractivity contribution in [2.45, 2.75) is 13.8 Å². The number of aromatic nitrogens is 1. The third-order valence-corrected chi connectivity index (χ3v) is 2.84. The molecule has 0 amide bonds. The van der Waals surface area contributed by atoms with Gasteiger partial charge in [0.1, 0.15) is 5.82 Å². The number of hydrogen-bond acceptors (Lipinski definition) is 3. The van der Waals surface area contributed by atoms with Crippen LogP contribution in [0, 0.1) is 13.8 Å². The first-order chi connectivity index (χ1) is 8.60. The average molecular weight is 240 g/mol. The van der Waals surface area contributed by atoms with Gasteiger partial charge >= 0.3 is 0 Å². The van der Waals surface area contributed by atoms with Gasteiger partial charge in [0.05, 0.1) is 0 Å². The summed E-state index contributed by atoms with van der Waals surface area (Å²) < 4.78 is 0. The largest absolute Gasteiger partial charge is 0.329 e. The molecule has 0 spiro atoms. The molecule has 0 saturated heterocycles. The van der Waals surface area contributed by atoms with Crippen LogP contribution in [0.3, 0.4) is 0 Å². The summed E-state index contributed by atoms with van der Waals surface area (Å²) in [6.07, 6.45) is 2.38. The number of aryl methyl sites for hydroxylation is 2. The first-order valence-corrected chi connectivity index (χ1v) is 5.83. The summed E-state index contributed by atoms with van der Waals surface area (Å²) in [5.41, 5.74) is 4.13. The minimum Gasteiger partial charge on any atom is -0.329 e. The van der Waals surface area contributed by atoms with Gasteiger partial charge in [-0.3, -0.25) is 4.79 Å². The molecule has 0 aliphatic heterocycles. The van der Waals surface area contributed by atoms with Crippen molar-refractivity contribution in [1.82, 2.24) is 4.98 Å². The lowest BCUT2D eigenvalue weighted by atomic mass is 10.1. The maximum Gasteiger partial charge on any atom is 0.151 e. The zero-order valence-electron chi connectivity index (χ0n) is 10.8. The molecule has 2 aromatic rings. The van der Waals surface area contributed by atoms with E-state index in [2.05, 4.69) is 37.0 Å². The van der Waals surface area contributed by atoms with E-state index in [9.17, 15) is 4.79 Å². The van der Waals surface area contributed by atoms with Crippen molar-refractivity contribution < 1.29 is 4.79 Å². The summed E-state index contributed by atoms with van der Waals surface area (Å²) in [7, 11) is 1.97. The molecule has 1 aromatic carbocycles. The Labute approximate surface area is 107 Å². The number of hydrogen-bond donors (Lipinski definition) is 0. The van der Waals surface area contributed by atoms with Crippen molar-refractivity contribution in [2.75, 3.05) is 11.9 Å². The molecule has 0 unspecified atom stereocenters. The van der Waals surface area contributed by atoms with Crippen molar-refractivity contribution in [1.29, 1.82) is 0 Å². The first-order valence-electron chi connectivity index (χ1n) is 5.83. The average Bonchev–Trinajstić information content (AvgIpc) is 2.37. The van der Waals surface area contributed by atoms with Crippen LogP contribution in [0.5, 0.6) is 0 Å². The minimum absolute atomic E-state index is 0.590. The molecule has 3 heteroatoms. The Bertz CT molecular complexity index is 541. The number of benzene rings is 1. The lowest BCUT2D eigenvalue weighted by Crippen LogP contribution is -2.11. The predicted octanol–water partition coefficient (Wildman–Crippen LogP) is 3.28. The van der Waals surface area contributed by atoms with Crippen LogP contribution in [-0.4, -0.2) is 18.3 Å². The lowest BCUT2D eigenvalue weighted by Gasteiger charge is -2.19. The highest BCUT2D eigenvalue weighted by Crippen LogP contribution is 2.23. The predicted molar refractivity (Wildman–Crippen MR) is 73.6 cm³/mol. The van der Waals surface area contributed by atoms with Gasteiger partial charge in [0.25, 0.3) is 0 Å². The second-order valence-corrected chi connectivity index (χ2v) is 4.47. The van der Waals surface area contributed by atoms with Gasteiger partial charge in [-0.05, 0) is 49.2 Å². The van der Waals surface area contributed by atoms with Crippen LogP contribution in [-0.2, 0) is 0 Å². The van der Waals surface area contributed by atoms with Crippen molar-refractivity contribution in [3.05, 3.63) is 53.2 Å². The van der Waals surface area contributed by atoms with Crippen molar-refractivity contribution in [2.24, 2.45) is 0 Å². The van der Waals surface area contributed by atoms with Crippen LogP contribution in [0.1, 0.15) is 21.5 Å². The number of nitrogens with zero attached hydrogens (tertiary/aromatic N) is 2. The molecule has 0 bridgehead atoms. The van der Waals surface area contributed by atoms with E-state index < -0.39 is 0 Å². The molecule has 0 aliphatic rings. The second kappa shape index (κ2) is 5.00. The van der Waals surface area contributed by atoms with Gasteiger partial charge in [-0.1, -0.05) is 6.07 Å². The maximum absolute atomic E-state index is 10.6. The molecule has 2 rings (SSSR count). The number of carbonyl (C=O) groups is 1. The molecule has 18 heavy (non-hydrogen) atoms. The molecule has 0 saturated carbocycles. The van der Waals surface area contributed by atoms with E-state index in [0.29, 0.717) is 5.56 Å². The van der Waals surface area contributed by atoms with Crippen LogP contribution in [0.25, 0.3) is 0 Å². The van der Waals surface area contributed by atoms with E-state index in [0.717, 1.165) is 17.8 Å². The third kappa shape index (κ3) is 2.56. The monoisotopic (exact) mass is 240 g/mol. The van der Waals surface area contributed by atoms with E-state index in [1.165, 1.54) is 11.1 Å².